The van der Waals surface area contributed by atoms with E-state index in [0.29, 0.717) is 5.75 Å². The molecule has 2 unspecified atom stereocenters. The zero-order valence-corrected chi connectivity index (χ0v) is 11.2. The first kappa shape index (κ1) is 12.9. The fraction of sp³-hybridized carbons (Fsp3) is 0.538. The maximum atomic E-state index is 9.85. The minimum absolute atomic E-state index is 0.0579. The maximum Gasteiger partial charge on any atom is 0.125 e. The second-order valence-electron chi connectivity index (χ2n) is 4.42. The Balaban J connectivity index is 2.11. The molecule has 2 N–H and O–H groups in total. The Morgan fingerprint density at radius 1 is 1.29 bits per heavy atom. The number of aliphatic hydroxyl groups excluding tert-OH is 2. The molecular formula is C13H17BrO3. The van der Waals surface area contributed by atoms with Crippen molar-refractivity contribution in [2.24, 2.45) is 0 Å². The van der Waals surface area contributed by atoms with Crippen molar-refractivity contribution in [3.63, 3.8) is 0 Å². The normalized spacial score (nSPS) is 24.6. The van der Waals surface area contributed by atoms with E-state index in [1.54, 1.807) is 0 Å². The molecule has 0 saturated heterocycles. The predicted molar refractivity (Wildman–Crippen MR) is 69.0 cm³/mol. The van der Waals surface area contributed by atoms with Gasteiger partial charge in [-0.25, -0.2) is 0 Å². The summed E-state index contributed by atoms with van der Waals surface area (Å²) in [4.78, 5) is 0. The summed E-state index contributed by atoms with van der Waals surface area (Å²) >= 11 is 3.36. The lowest BCUT2D eigenvalue weighted by Crippen LogP contribution is -2.34. The highest BCUT2D eigenvalue weighted by Crippen LogP contribution is 2.28. The second kappa shape index (κ2) is 5.85. The summed E-state index contributed by atoms with van der Waals surface area (Å²) < 4.78 is 6.73. The molecule has 17 heavy (non-hydrogen) atoms. The van der Waals surface area contributed by atoms with Gasteiger partial charge in [-0.2, -0.15) is 0 Å². The van der Waals surface area contributed by atoms with Crippen LogP contribution in [0.5, 0.6) is 5.75 Å². The van der Waals surface area contributed by atoms with Crippen LogP contribution < -0.4 is 4.74 Å². The fourth-order valence-corrected chi connectivity index (χ4v) is 2.57. The van der Waals surface area contributed by atoms with Gasteiger partial charge in [-0.1, -0.05) is 22.4 Å². The van der Waals surface area contributed by atoms with Gasteiger partial charge in [-0.3, -0.25) is 0 Å². The Hall–Kier alpha value is -0.580. The Morgan fingerprint density at radius 3 is 2.76 bits per heavy atom. The van der Waals surface area contributed by atoms with Crippen molar-refractivity contribution in [2.45, 2.75) is 44.5 Å². The van der Waals surface area contributed by atoms with E-state index in [0.717, 1.165) is 35.7 Å². The Labute approximate surface area is 110 Å². The molecule has 2 rings (SSSR count). The Bertz CT molecular complexity index is 381. The minimum atomic E-state index is -0.390. The van der Waals surface area contributed by atoms with Crippen molar-refractivity contribution < 1.29 is 14.9 Å². The molecular weight excluding hydrogens is 284 g/mol. The van der Waals surface area contributed by atoms with E-state index in [1.807, 2.05) is 18.2 Å². The summed E-state index contributed by atoms with van der Waals surface area (Å²) in [6, 6.07) is 5.55. The van der Waals surface area contributed by atoms with Gasteiger partial charge in [0.15, 0.2) is 0 Å². The van der Waals surface area contributed by atoms with Gasteiger partial charge in [0.05, 0.1) is 12.7 Å². The van der Waals surface area contributed by atoms with Crippen molar-refractivity contribution in [1.82, 2.24) is 0 Å². The highest BCUT2D eigenvalue weighted by atomic mass is 79.9. The van der Waals surface area contributed by atoms with Crippen molar-refractivity contribution in [3.05, 3.63) is 28.2 Å². The molecule has 1 aliphatic rings. The van der Waals surface area contributed by atoms with Gasteiger partial charge in [0.2, 0.25) is 0 Å². The van der Waals surface area contributed by atoms with Crippen LogP contribution >= 0.6 is 15.9 Å². The topological polar surface area (TPSA) is 49.7 Å². The van der Waals surface area contributed by atoms with Crippen LogP contribution in [-0.2, 0) is 6.61 Å². The first-order valence-electron chi connectivity index (χ1n) is 5.94. The van der Waals surface area contributed by atoms with Crippen molar-refractivity contribution in [3.8, 4) is 5.75 Å². The first-order valence-corrected chi connectivity index (χ1v) is 6.74. The van der Waals surface area contributed by atoms with Crippen LogP contribution in [0.1, 0.15) is 31.2 Å². The third kappa shape index (κ3) is 3.21. The molecule has 0 radical (unpaired) electrons. The van der Waals surface area contributed by atoms with Gasteiger partial charge in [0.1, 0.15) is 11.9 Å². The molecule has 0 aromatic heterocycles. The van der Waals surface area contributed by atoms with Crippen molar-refractivity contribution >= 4 is 15.9 Å². The first-order chi connectivity index (χ1) is 8.20. The van der Waals surface area contributed by atoms with E-state index >= 15 is 0 Å². The summed E-state index contributed by atoms with van der Waals surface area (Å²) in [5, 5.41) is 19.1. The molecule has 1 saturated carbocycles. The van der Waals surface area contributed by atoms with E-state index in [9.17, 15) is 10.2 Å². The molecule has 94 valence electrons. The molecule has 2 atom stereocenters. The van der Waals surface area contributed by atoms with E-state index in [2.05, 4.69) is 15.9 Å². The molecule has 1 aliphatic carbocycles. The minimum Gasteiger partial charge on any atom is -0.487 e. The molecule has 0 bridgehead atoms. The Kier molecular flexibility index (Phi) is 4.42. The zero-order chi connectivity index (χ0) is 12.3. The number of rotatable bonds is 3. The summed E-state index contributed by atoms with van der Waals surface area (Å²) in [6.07, 6.45) is 3.30. The van der Waals surface area contributed by atoms with Crippen LogP contribution in [-0.4, -0.2) is 22.4 Å². The molecule has 1 fully saturated rings. The molecule has 0 spiro atoms. The van der Waals surface area contributed by atoms with Crippen LogP contribution in [0.15, 0.2) is 22.7 Å². The average molecular weight is 301 g/mol. The predicted octanol–water partition coefficient (Wildman–Crippen LogP) is 2.62. The quantitative estimate of drug-likeness (QED) is 0.902. The zero-order valence-electron chi connectivity index (χ0n) is 9.60. The largest absolute Gasteiger partial charge is 0.487 e. The van der Waals surface area contributed by atoms with E-state index in [4.69, 9.17) is 4.74 Å². The van der Waals surface area contributed by atoms with Gasteiger partial charge >= 0.3 is 0 Å². The van der Waals surface area contributed by atoms with Crippen LogP contribution in [0.3, 0.4) is 0 Å². The number of hydrogen-bond donors (Lipinski definition) is 2. The molecule has 0 aliphatic heterocycles. The van der Waals surface area contributed by atoms with Crippen LogP contribution in [0.25, 0.3) is 0 Å². The lowest BCUT2D eigenvalue weighted by Gasteiger charge is -2.28. The maximum absolute atomic E-state index is 9.85. The number of aliphatic hydroxyl groups is 2. The Morgan fingerprint density at radius 2 is 2.06 bits per heavy atom. The summed E-state index contributed by atoms with van der Waals surface area (Å²) in [5.41, 5.74) is 0.747. The summed E-state index contributed by atoms with van der Waals surface area (Å²) in [7, 11) is 0. The number of benzene rings is 1. The van der Waals surface area contributed by atoms with E-state index in [-0.39, 0.29) is 18.8 Å². The molecule has 1 aromatic carbocycles. The third-order valence-corrected chi connectivity index (χ3v) is 3.63. The lowest BCUT2D eigenvalue weighted by molar-refractivity contribution is 0.00586. The van der Waals surface area contributed by atoms with Gasteiger partial charge in [0.25, 0.3) is 0 Å². The van der Waals surface area contributed by atoms with Crippen LogP contribution in [0, 0.1) is 0 Å². The highest BCUT2D eigenvalue weighted by Gasteiger charge is 2.25. The smallest absolute Gasteiger partial charge is 0.125 e. The molecule has 4 heteroatoms. The summed E-state index contributed by atoms with van der Waals surface area (Å²) in [5.74, 6) is 0.668. The average Bonchev–Trinajstić information content (AvgIpc) is 2.34. The molecule has 0 heterocycles. The number of halogens is 1. The standard InChI is InChI=1S/C13H17BrO3/c14-10-5-6-12(9(7-10)8-15)17-13-4-2-1-3-11(13)16/h5-7,11,13,15-16H,1-4,8H2. The third-order valence-electron chi connectivity index (χ3n) is 3.14. The molecule has 0 amide bonds. The van der Waals surface area contributed by atoms with Gasteiger partial charge in [-0.05, 0) is 37.5 Å². The molecule has 1 aromatic rings. The van der Waals surface area contributed by atoms with Crippen LogP contribution in [0.2, 0.25) is 0 Å². The van der Waals surface area contributed by atoms with E-state index < -0.39 is 0 Å². The van der Waals surface area contributed by atoms with Crippen molar-refractivity contribution in [1.29, 1.82) is 0 Å². The monoisotopic (exact) mass is 300 g/mol. The second-order valence-corrected chi connectivity index (χ2v) is 5.33. The van der Waals surface area contributed by atoms with Crippen LogP contribution in [0.4, 0.5) is 0 Å². The number of ether oxygens (including phenoxy) is 1. The highest BCUT2D eigenvalue weighted by molar-refractivity contribution is 9.10. The van der Waals surface area contributed by atoms with Gasteiger partial charge in [0, 0.05) is 10.0 Å². The number of hydrogen-bond acceptors (Lipinski definition) is 3. The fourth-order valence-electron chi connectivity index (χ4n) is 2.16. The van der Waals surface area contributed by atoms with E-state index in [1.165, 1.54) is 0 Å². The van der Waals surface area contributed by atoms with Gasteiger partial charge < -0.3 is 14.9 Å². The summed E-state index contributed by atoms with van der Waals surface area (Å²) in [6.45, 7) is -0.0579. The lowest BCUT2D eigenvalue weighted by atomic mass is 9.95. The molecule has 3 nitrogen and oxygen atoms in total. The van der Waals surface area contributed by atoms with Crippen molar-refractivity contribution in [2.75, 3.05) is 0 Å². The SMILES string of the molecule is OCc1cc(Br)ccc1OC1CCCCC1O. The van der Waals surface area contributed by atoms with Gasteiger partial charge in [-0.15, -0.1) is 0 Å².